The third-order valence-electron chi connectivity index (χ3n) is 4.74. The van der Waals surface area contributed by atoms with Gasteiger partial charge in [0.15, 0.2) is 0 Å². The molecule has 0 saturated heterocycles. The first-order valence-electron chi connectivity index (χ1n) is 10.2. The van der Waals surface area contributed by atoms with Crippen molar-refractivity contribution in [3.63, 3.8) is 0 Å². The second kappa shape index (κ2) is 12.2. The lowest BCUT2D eigenvalue weighted by molar-refractivity contribution is -0.134. The zero-order chi connectivity index (χ0) is 24.4. The third kappa shape index (κ3) is 8.64. The van der Waals surface area contributed by atoms with Crippen LogP contribution < -0.4 is 5.32 Å². The van der Waals surface area contributed by atoms with E-state index in [1.807, 2.05) is 12.1 Å². The number of benzene rings is 3. The fraction of sp³-hybridized carbons (Fsp3) is 0.200. The van der Waals surface area contributed by atoms with E-state index in [-0.39, 0.29) is 17.5 Å². The molecule has 0 aliphatic heterocycles. The average molecular weight is 453 g/mol. The van der Waals surface area contributed by atoms with Crippen molar-refractivity contribution < 1.29 is 35.1 Å². The summed E-state index contributed by atoms with van der Waals surface area (Å²) >= 11 is 0. The summed E-state index contributed by atoms with van der Waals surface area (Å²) in [6, 6.07) is 18.9. The van der Waals surface area contributed by atoms with Crippen LogP contribution in [0.25, 0.3) is 10.8 Å². The van der Waals surface area contributed by atoms with Crippen molar-refractivity contribution in [2.75, 3.05) is 6.54 Å². The number of carboxylic acids is 2. The zero-order valence-corrected chi connectivity index (χ0v) is 18.0. The van der Waals surface area contributed by atoms with Gasteiger partial charge in [0.05, 0.1) is 6.10 Å². The summed E-state index contributed by atoms with van der Waals surface area (Å²) in [5, 5.41) is 50.7. The molecule has 0 fully saturated rings. The Morgan fingerprint density at radius 2 is 1.48 bits per heavy atom. The summed E-state index contributed by atoms with van der Waals surface area (Å²) in [5.41, 5.74) is 1.75. The van der Waals surface area contributed by atoms with Gasteiger partial charge in [0, 0.05) is 30.8 Å². The summed E-state index contributed by atoms with van der Waals surface area (Å²) < 4.78 is 0. The van der Waals surface area contributed by atoms with Crippen LogP contribution in [0.5, 0.6) is 11.5 Å². The third-order valence-corrected chi connectivity index (χ3v) is 4.74. The molecular weight excluding hydrogens is 426 g/mol. The van der Waals surface area contributed by atoms with Crippen molar-refractivity contribution in [3.8, 4) is 11.5 Å². The topological polar surface area (TPSA) is 147 Å². The number of carboxylic acid groups (broad SMARTS) is 2. The predicted molar refractivity (Wildman–Crippen MR) is 124 cm³/mol. The summed E-state index contributed by atoms with van der Waals surface area (Å²) in [6.45, 7) is 2.42. The Hall–Kier alpha value is -3.88. The summed E-state index contributed by atoms with van der Waals surface area (Å²) in [5.74, 6) is -2.63. The molecule has 3 rings (SSSR count). The molecule has 0 amide bonds. The number of aromatic hydroxyl groups is 2. The lowest BCUT2D eigenvalue weighted by Crippen LogP contribution is -2.32. The van der Waals surface area contributed by atoms with Crippen LogP contribution in [-0.2, 0) is 16.0 Å². The number of hydrogen-bond donors (Lipinski definition) is 6. The Balaban J connectivity index is 0.000000414. The minimum absolute atomic E-state index is 0.0575. The van der Waals surface area contributed by atoms with Crippen LogP contribution in [0.2, 0.25) is 0 Å². The summed E-state index contributed by atoms with van der Waals surface area (Å²) in [6.07, 6.45) is 1.16. The smallest absolute Gasteiger partial charge is 0.328 e. The highest BCUT2D eigenvalue weighted by Gasteiger charge is 2.12. The number of fused-ring (bicyclic) bond motifs is 1. The molecule has 0 bridgehead atoms. The fourth-order valence-corrected chi connectivity index (χ4v) is 3.26. The van der Waals surface area contributed by atoms with Crippen LogP contribution in [0, 0.1) is 0 Å². The second-order valence-corrected chi connectivity index (χ2v) is 7.46. The number of rotatable bonds is 8. The van der Waals surface area contributed by atoms with Gasteiger partial charge in [-0.05, 0) is 47.4 Å². The number of phenols is 2. The average Bonchev–Trinajstić information content (AvgIpc) is 2.76. The molecule has 0 saturated carbocycles. The molecule has 8 heteroatoms. The van der Waals surface area contributed by atoms with E-state index in [0.717, 1.165) is 6.42 Å². The van der Waals surface area contributed by atoms with Crippen molar-refractivity contribution in [3.05, 3.63) is 83.9 Å². The van der Waals surface area contributed by atoms with E-state index in [1.54, 1.807) is 0 Å². The first kappa shape index (κ1) is 25.4. The molecule has 0 aliphatic carbocycles. The molecule has 3 aromatic rings. The number of carbonyl (C=O) groups is 2. The Morgan fingerprint density at radius 1 is 0.909 bits per heavy atom. The van der Waals surface area contributed by atoms with E-state index in [4.69, 9.17) is 10.2 Å². The molecule has 0 aliphatic rings. The monoisotopic (exact) mass is 453 g/mol. The SMILES string of the molecule is CC(Cc1cccc2ccccc12)NCC(O)c1cc(O)cc(O)c1.O=C(O)/C=C/C(=O)O. The molecule has 8 nitrogen and oxygen atoms in total. The Morgan fingerprint density at radius 3 is 2.09 bits per heavy atom. The Kier molecular flexibility index (Phi) is 9.41. The lowest BCUT2D eigenvalue weighted by Gasteiger charge is -2.18. The van der Waals surface area contributed by atoms with E-state index in [1.165, 1.54) is 34.5 Å². The summed E-state index contributed by atoms with van der Waals surface area (Å²) in [4.78, 5) is 19.1. The maximum atomic E-state index is 10.3. The van der Waals surface area contributed by atoms with Crippen molar-refractivity contribution >= 4 is 22.7 Å². The highest BCUT2D eigenvalue weighted by molar-refractivity contribution is 5.89. The van der Waals surface area contributed by atoms with E-state index in [2.05, 4.69) is 42.6 Å². The molecule has 2 atom stereocenters. The fourth-order valence-electron chi connectivity index (χ4n) is 3.26. The molecule has 0 spiro atoms. The van der Waals surface area contributed by atoms with Gasteiger partial charge in [-0.15, -0.1) is 0 Å². The molecular formula is C25H27NO7. The lowest BCUT2D eigenvalue weighted by atomic mass is 9.99. The van der Waals surface area contributed by atoms with Crippen molar-refractivity contribution in [2.24, 2.45) is 0 Å². The van der Waals surface area contributed by atoms with Gasteiger partial charge in [-0.3, -0.25) is 0 Å². The first-order chi connectivity index (χ1) is 15.7. The Bertz CT molecular complexity index is 1090. The van der Waals surface area contributed by atoms with Crippen molar-refractivity contribution in [2.45, 2.75) is 25.5 Å². The number of aliphatic hydroxyl groups is 1. The number of aliphatic carboxylic acids is 2. The molecule has 174 valence electrons. The molecule has 0 heterocycles. The largest absolute Gasteiger partial charge is 0.508 e. The minimum Gasteiger partial charge on any atom is -0.508 e. The molecule has 0 radical (unpaired) electrons. The number of nitrogens with one attached hydrogen (secondary N) is 1. The number of aliphatic hydroxyl groups excluding tert-OH is 1. The van der Waals surface area contributed by atoms with Crippen LogP contribution in [0.3, 0.4) is 0 Å². The Labute approximate surface area is 191 Å². The van der Waals surface area contributed by atoms with E-state index in [9.17, 15) is 24.9 Å². The van der Waals surface area contributed by atoms with E-state index >= 15 is 0 Å². The summed E-state index contributed by atoms with van der Waals surface area (Å²) in [7, 11) is 0. The quantitative estimate of drug-likeness (QED) is 0.285. The van der Waals surface area contributed by atoms with Crippen LogP contribution in [0.1, 0.15) is 24.2 Å². The molecule has 33 heavy (non-hydrogen) atoms. The van der Waals surface area contributed by atoms with Gasteiger partial charge in [-0.1, -0.05) is 42.5 Å². The maximum Gasteiger partial charge on any atom is 0.328 e. The highest BCUT2D eigenvalue weighted by Crippen LogP contribution is 2.25. The normalized spacial score (nSPS) is 12.7. The maximum absolute atomic E-state index is 10.3. The van der Waals surface area contributed by atoms with E-state index < -0.39 is 18.0 Å². The van der Waals surface area contributed by atoms with Crippen molar-refractivity contribution in [1.29, 1.82) is 0 Å². The van der Waals surface area contributed by atoms with E-state index in [0.29, 0.717) is 24.3 Å². The highest BCUT2D eigenvalue weighted by atomic mass is 16.4. The van der Waals surface area contributed by atoms with Gasteiger partial charge in [0.25, 0.3) is 0 Å². The van der Waals surface area contributed by atoms with Crippen LogP contribution in [-0.4, -0.2) is 50.1 Å². The zero-order valence-electron chi connectivity index (χ0n) is 18.0. The predicted octanol–water partition coefficient (Wildman–Crippen LogP) is 3.22. The van der Waals surface area contributed by atoms with Crippen molar-refractivity contribution in [1.82, 2.24) is 5.32 Å². The second-order valence-electron chi connectivity index (χ2n) is 7.46. The van der Waals surface area contributed by atoms with Gasteiger partial charge in [-0.2, -0.15) is 0 Å². The molecule has 0 aromatic heterocycles. The van der Waals surface area contributed by atoms with Gasteiger partial charge < -0.3 is 30.8 Å². The molecule has 6 N–H and O–H groups in total. The van der Waals surface area contributed by atoms with Crippen LogP contribution in [0.15, 0.2) is 72.8 Å². The molecule has 3 aromatic carbocycles. The van der Waals surface area contributed by atoms with Crippen LogP contribution >= 0.6 is 0 Å². The van der Waals surface area contributed by atoms with Gasteiger partial charge in [-0.25, -0.2) is 9.59 Å². The first-order valence-corrected chi connectivity index (χ1v) is 10.2. The number of hydrogen-bond acceptors (Lipinski definition) is 6. The standard InChI is InChI=1S/C21H23NO3.C4H4O4/c1-14(9-16-7-4-6-15-5-2-3-8-20(15)16)22-13-21(25)17-10-18(23)12-19(24)11-17;5-3(6)1-2-4(7)8/h2-8,10-12,14,21-25H,9,13H2,1H3;1-2H,(H,5,6)(H,7,8)/b;2-1+. The van der Waals surface area contributed by atoms with Gasteiger partial charge >= 0.3 is 11.9 Å². The number of phenolic OH excluding ortho intramolecular Hbond substituents is 2. The minimum atomic E-state index is -1.26. The van der Waals surface area contributed by atoms with Crippen LogP contribution in [0.4, 0.5) is 0 Å². The van der Waals surface area contributed by atoms with Gasteiger partial charge in [0.2, 0.25) is 0 Å². The van der Waals surface area contributed by atoms with Gasteiger partial charge in [0.1, 0.15) is 11.5 Å². The molecule has 2 unspecified atom stereocenters.